The van der Waals surface area contributed by atoms with Crippen LogP contribution in [0.4, 0.5) is 0 Å². The second-order valence-corrected chi connectivity index (χ2v) is 4.39. The number of esters is 3. The van der Waals surface area contributed by atoms with Gasteiger partial charge in [0.15, 0.2) is 5.41 Å². The molecular formula is C11H14O6. The Bertz CT molecular complexity index is 358. The lowest BCUT2D eigenvalue weighted by Gasteiger charge is -2.44. The highest BCUT2D eigenvalue weighted by Gasteiger charge is 2.59. The zero-order valence-corrected chi connectivity index (χ0v) is 9.73. The number of methoxy groups -OCH3 is 2. The van der Waals surface area contributed by atoms with Gasteiger partial charge in [0.25, 0.3) is 0 Å². The molecule has 17 heavy (non-hydrogen) atoms. The Labute approximate surface area is 98.2 Å². The van der Waals surface area contributed by atoms with Gasteiger partial charge < -0.3 is 14.2 Å². The standard InChI is InChI=1S/C11H14O6/c1-15-9(13)11(10(14)16-2)4-3-7-6(5-11)8(12)17-7/h6-7H,3-5H2,1-2H3/t6-,7+/m0/s1. The van der Waals surface area contributed by atoms with Crippen LogP contribution in [0.3, 0.4) is 0 Å². The molecular weight excluding hydrogens is 228 g/mol. The first-order valence-corrected chi connectivity index (χ1v) is 5.42. The molecule has 0 aromatic rings. The Kier molecular flexibility index (Phi) is 2.81. The van der Waals surface area contributed by atoms with E-state index >= 15 is 0 Å². The lowest BCUT2D eigenvalue weighted by atomic mass is 9.66. The van der Waals surface area contributed by atoms with Crippen LogP contribution in [0.2, 0.25) is 0 Å². The molecule has 6 heteroatoms. The number of carbonyl (C=O) groups is 3. The van der Waals surface area contributed by atoms with E-state index in [1.54, 1.807) is 0 Å². The normalized spacial score (nSPS) is 29.4. The van der Waals surface area contributed by atoms with E-state index in [9.17, 15) is 14.4 Å². The molecule has 1 aliphatic carbocycles. The number of hydrogen-bond acceptors (Lipinski definition) is 6. The van der Waals surface area contributed by atoms with Gasteiger partial charge in [0.1, 0.15) is 6.10 Å². The molecule has 6 nitrogen and oxygen atoms in total. The number of hydrogen-bond donors (Lipinski definition) is 0. The summed E-state index contributed by atoms with van der Waals surface area (Å²) in [5, 5.41) is 0. The quantitative estimate of drug-likeness (QED) is 0.386. The van der Waals surface area contributed by atoms with Crippen molar-refractivity contribution < 1.29 is 28.6 Å². The highest BCUT2D eigenvalue weighted by atomic mass is 16.6. The zero-order chi connectivity index (χ0) is 12.6. The Hall–Kier alpha value is -1.59. The van der Waals surface area contributed by atoms with Gasteiger partial charge in [-0.1, -0.05) is 0 Å². The minimum atomic E-state index is -1.34. The molecule has 0 aromatic heterocycles. The van der Waals surface area contributed by atoms with E-state index < -0.39 is 17.4 Å². The van der Waals surface area contributed by atoms with Gasteiger partial charge in [-0.15, -0.1) is 0 Å². The summed E-state index contributed by atoms with van der Waals surface area (Å²) in [6.07, 6.45) is 0.738. The molecule has 0 unspecified atom stereocenters. The monoisotopic (exact) mass is 242 g/mol. The van der Waals surface area contributed by atoms with Crippen molar-refractivity contribution in [2.75, 3.05) is 14.2 Å². The Morgan fingerprint density at radius 1 is 1.29 bits per heavy atom. The van der Waals surface area contributed by atoms with Gasteiger partial charge in [-0.25, -0.2) is 0 Å². The molecule has 0 amide bonds. The Morgan fingerprint density at radius 3 is 2.35 bits per heavy atom. The minimum Gasteiger partial charge on any atom is -0.468 e. The highest BCUT2D eigenvalue weighted by Crippen LogP contribution is 2.47. The average Bonchev–Trinajstić information content (AvgIpc) is 2.36. The molecule has 0 N–H and O–H groups in total. The van der Waals surface area contributed by atoms with Crippen LogP contribution < -0.4 is 0 Å². The van der Waals surface area contributed by atoms with E-state index in [0.717, 1.165) is 0 Å². The van der Waals surface area contributed by atoms with Crippen LogP contribution in [0.1, 0.15) is 19.3 Å². The van der Waals surface area contributed by atoms with Crippen molar-refractivity contribution in [1.29, 1.82) is 0 Å². The van der Waals surface area contributed by atoms with Crippen molar-refractivity contribution in [3.05, 3.63) is 0 Å². The van der Waals surface area contributed by atoms with E-state index in [2.05, 4.69) is 9.47 Å². The number of fused-ring (bicyclic) bond motifs is 1. The zero-order valence-electron chi connectivity index (χ0n) is 9.73. The molecule has 0 aromatic carbocycles. The van der Waals surface area contributed by atoms with Gasteiger partial charge in [-0.05, 0) is 19.3 Å². The van der Waals surface area contributed by atoms with E-state index in [1.165, 1.54) is 14.2 Å². The fraction of sp³-hybridized carbons (Fsp3) is 0.727. The number of rotatable bonds is 2. The van der Waals surface area contributed by atoms with E-state index in [0.29, 0.717) is 12.8 Å². The van der Waals surface area contributed by atoms with Gasteiger partial charge in [-0.3, -0.25) is 14.4 Å². The first-order valence-electron chi connectivity index (χ1n) is 5.42. The molecule has 0 spiro atoms. The molecule has 2 fully saturated rings. The van der Waals surface area contributed by atoms with Crippen molar-refractivity contribution in [1.82, 2.24) is 0 Å². The van der Waals surface area contributed by atoms with Gasteiger partial charge in [0.2, 0.25) is 0 Å². The fourth-order valence-corrected chi connectivity index (χ4v) is 2.58. The maximum atomic E-state index is 11.8. The smallest absolute Gasteiger partial charge is 0.323 e. The Balaban J connectivity index is 2.25. The SMILES string of the molecule is COC(=O)C1(C(=O)OC)CC[C@H]2OC(=O)[C@H]2C1. The van der Waals surface area contributed by atoms with Crippen LogP contribution in [0.25, 0.3) is 0 Å². The van der Waals surface area contributed by atoms with E-state index in [1.807, 2.05) is 0 Å². The van der Waals surface area contributed by atoms with Crippen molar-refractivity contribution in [3.8, 4) is 0 Å². The summed E-state index contributed by atoms with van der Waals surface area (Å²) in [4.78, 5) is 34.8. The molecule has 2 rings (SSSR count). The molecule has 1 saturated carbocycles. The number of carbonyl (C=O) groups excluding carboxylic acids is 3. The Morgan fingerprint density at radius 2 is 1.88 bits per heavy atom. The minimum absolute atomic E-state index is 0.121. The third-order valence-electron chi connectivity index (χ3n) is 3.60. The van der Waals surface area contributed by atoms with Crippen molar-refractivity contribution in [3.63, 3.8) is 0 Å². The van der Waals surface area contributed by atoms with Crippen molar-refractivity contribution in [2.45, 2.75) is 25.4 Å². The maximum absolute atomic E-state index is 11.8. The second-order valence-electron chi connectivity index (χ2n) is 4.39. The summed E-state index contributed by atoms with van der Waals surface area (Å²) in [5.41, 5.74) is -1.34. The van der Waals surface area contributed by atoms with Gasteiger partial charge in [0, 0.05) is 0 Å². The molecule has 2 aliphatic rings. The first-order chi connectivity index (χ1) is 8.05. The fourth-order valence-electron chi connectivity index (χ4n) is 2.58. The molecule has 94 valence electrons. The summed E-state index contributed by atoms with van der Waals surface area (Å²) in [6.45, 7) is 0. The van der Waals surface area contributed by atoms with Crippen molar-refractivity contribution >= 4 is 17.9 Å². The van der Waals surface area contributed by atoms with Gasteiger partial charge >= 0.3 is 17.9 Å². The predicted molar refractivity (Wildman–Crippen MR) is 53.7 cm³/mol. The summed E-state index contributed by atoms with van der Waals surface area (Å²) in [5.74, 6) is -2.01. The molecule has 0 bridgehead atoms. The molecule has 0 radical (unpaired) electrons. The lowest BCUT2D eigenvalue weighted by Crippen LogP contribution is -2.56. The second kappa shape index (κ2) is 4.01. The van der Waals surface area contributed by atoms with E-state index in [4.69, 9.17) is 4.74 Å². The lowest BCUT2D eigenvalue weighted by molar-refractivity contribution is -0.202. The van der Waals surface area contributed by atoms with Crippen LogP contribution >= 0.6 is 0 Å². The largest absolute Gasteiger partial charge is 0.468 e. The molecule has 1 aliphatic heterocycles. The molecule has 2 atom stereocenters. The third-order valence-corrected chi connectivity index (χ3v) is 3.60. The van der Waals surface area contributed by atoms with Gasteiger partial charge in [0.05, 0.1) is 20.1 Å². The summed E-state index contributed by atoms with van der Waals surface area (Å²) < 4.78 is 14.3. The van der Waals surface area contributed by atoms with Crippen LogP contribution in [0.5, 0.6) is 0 Å². The van der Waals surface area contributed by atoms with Crippen LogP contribution in [0.15, 0.2) is 0 Å². The first kappa shape index (κ1) is 11.9. The topological polar surface area (TPSA) is 78.9 Å². The average molecular weight is 242 g/mol. The molecule has 1 heterocycles. The third kappa shape index (κ3) is 1.59. The summed E-state index contributed by atoms with van der Waals surface area (Å²) >= 11 is 0. The summed E-state index contributed by atoms with van der Waals surface area (Å²) in [7, 11) is 2.44. The van der Waals surface area contributed by atoms with E-state index in [-0.39, 0.29) is 24.4 Å². The number of ether oxygens (including phenoxy) is 3. The molecule has 1 saturated heterocycles. The van der Waals surface area contributed by atoms with Crippen LogP contribution in [0, 0.1) is 11.3 Å². The predicted octanol–water partition coefficient (Wildman–Crippen LogP) is 0.0443. The van der Waals surface area contributed by atoms with Crippen LogP contribution in [-0.4, -0.2) is 38.2 Å². The van der Waals surface area contributed by atoms with Crippen molar-refractivity contribution in [2.24, 2.45) is 11.3 Å². The van der Waals surface area contributed by atoms with Gasteiger partial charge in [-0.2, -0.15) is 0 Å². The van der Waals surface area contributed by atoms with Crippen LogP contribution in [-0.2, 0) is 28.6 Å². The highest BCUT2D eigenvalue weighted by molar-refractivity contribution is 6.01. The summed E-state index contributed by atoms with van der Waals surface area (Å²) in [6, 6.07) is 0. The maximum Gasteiger partial charge on any atom is 0.323 e.